The van der Waals surface area contributed by atoms with Gasteiger partial charge in [0.05, 0.1) is 26.4 Å². The van der Waals surface area contributed by atoms with Crippen molar-refractivity contribution in [1.29, 1.82) is 0 Å². The average molecular weight is 1400 g/mol. The number of aliphatic hydroxyl groups excluding tert-OH is 2. The van der Waals surface area contributed by atoms with E-state index in [2.05, 4.69) is 142 Å². The van der Waals surface area contributed by atoms with Gasteiger partial charge in [-0.25, -0.2) is 9.13 Å². The van der Waals surface area contributed by atoms with Gasteiger partial charge in [-0.05, 0) is 135 Å². The van der Waals surface area contributed by atoms with Crippen molar-refractivity contribution in [3.63, 3.8) is 0 Å². The number of esters is 3. The predicted octanol–water partition coefficient (Wildman–Crippen LogP) is 21.8. The molecule has 0 spiro atoms. The minimum Gasteiger partial charge on any atom is -0.463 e. The summed E-state index contributed by atoms with van der Waals surface area (Å²) in [4.78, 5) is 58.5. The van der Waals surface area contributed by atoms with E-state index < -0.39 is 91.5 Å². The molecule has 558 valence electrons. The summed E-state index contributed by atoms with van der Waals surface area (Å²) in [6.07, 6.45) is 83.9. The summed E-state index contributed by atoms with van der Waals surface area (Å²) in [5.74, 6) is -1.60. The highest BCUT2D eigenvalue weighted by molar-refractivity contribution is 7.47. The van der Waals surface area contributed by atoms with Crippen molar-refractivity contribution in [2.45, 2.75) is 322 Å². The summed E-state index contributed by atoms with van der Waals surface area (Å²) in [6.45, 7) is 2.50. The Labute approximate surface area is 589 Å². The van der Waals surface area contributed by atoms with Gasteiger partial charge in [-0.1, -0.05) is 271 Å². The number of phosphoric ester groups is 2. The normalized spacial score (nSPS) is 14.8. The van der Waals surface area contributed by atoms with Crippen LogP contribution < -0.4 is 0 Å². The zero-order valence-electron chi connectivity index (χ0n) is 60.7. The highest BCUT2D eigenvalue weighted by Crippen LogP contribution is 2.45. The van der Waals surface area contributed by atoms with Crippen LogP contribution in [0.5, 0.6) is 0 Å². The fraction of sp³-hybridized carbons (Fsp3) is 0.709. The first-order valence-electron chi connectivity index (χ1n) is 37.8. The van der Waals surface area contributed by atoms with E-state index in [-0.39, 0.29) is 19.3 Å². The Hall–Kier alpha value is -4.05. The number of carbonyl (C=O) groups excluding carboxylic acids is 3. The molecule has 0 aliphatic rings. The summed E-state index contributed by atoms with van der Waals surface area (Å²) in [5.41, 5.74) is 0. The Morgan fingerprint density at radius 1 is 0.299 bits per heavy atom. The van der Waals surface area contributed by atoms with E-state index in [4.69, 9.17) is 32.3 Å². The molecular weight excluding hydrogens is 1270 g/mol. The van der Waals surface area contributed by atoms with Gasteiger partial charge in [-0.15, -0.1) is 0 Å². The van der Waals surface area contributed by atoms with Crippen LogP contribution in [-0.4, -0.2) is 95.9 Å². The number of aliphatic hydroxyl groups is 2. The molecule has 16 nitrogen and oxygen atoms in total. The van der Waals surface area contributed by atoms with E-state index in [1.807, 2.05) is 0 Å². The van der Waals surface area contributed by atoms with Crippen molar-refractivity contribution in [3.05, 3.63) is 122 Å². The van der Waals surface area contributed by atoms with Gasteiger partial charge in [0.1, 0.15) is 25.4 Å². The van der Waals surface area contributed by atoms with Crippen LogP contribution in [0.1, 0.15) is 303 Å². The van der Waals surface area contributed by atoms with Crippen molar-refractivity contribution in [3.8, 4) is 0 Å². The Bertz CT molecular complexity index is 2250. The third-order valence-corrected chi connectivity index (χ3v) is 17.5. The Morgan fingerprint density at radius 3 is 0.897 bits per heavy atom. The molecule has 0 aromatic carbocycles. The molecule has 0 radical (unpaired) electrons. The van der Waals surface area contributed by atoms with Gasteiger partial charge in [0.15, 0.2) is 6.10 Å². The summed E-state index contributed by atoms with van der Waals surface area (Å²) >= 11 is 0. The lowest BCUT2D eigenvalue weighted by molar-refractivity contribution is -0.161. The van der Waals surface area contributed by atoms with Crippen molar-refractivity contribution in [2.24, 2.45) is 0 Å². The maximum Gasteiger partial charge on any atom is 0.472 e. The van der Waals surface area contributed by atoms with Crippen LogP contribution in [0.25, 0.3) is 0 Å². The van der Waals surface area contributed by atoms with Crippen LogP contribution in [0.15, 0.2) is 122 Å². The smallest absolute Gasteiger partial charge is 0.463 e. The molecule has 0 aromatic rings. The highest BCUT2D eigenvalue weighted by atomic mass is 31.2. The van der Waals surface area contributed by atoms with Crippen molar-refractivity contribution < 1.29 is 75.8 Å². The van der Waals surface area contributed by atoms with Crippen molar-refractivity contribution in [2.75, 3.05) is 39.6 Å². The number of hydrogen-bond acceptors (Lipinski definition) is 14. The molecule has 0 aromatic heterocycles. The Morgan fingerprint density at radius 2 is 0.546 bits per heavy atom. The first-order valence-corrected chi connectivity index (χ1v) is 40.8. The van der Waals surface area contributed by atoms with Crippen LogP contribution in [0.3, 0.4) is 0 Å². The molecule has 0 rings (SSSR count). The Balaban J connectivity index is 4.51. The lowest BCUT2D eigenvalue weighted by Gasteiger charge is -2.21. The summed E-state index contributed by atoms with van der Waals surface area (Å²) in [7, 11) is -9.79. The molecule has 0 fully saturated rings. The van der Waals surface area contributed by atoms with Gasteiger partial charge in [0.25, 0.3) is 0 Å². The largest absolute Gasteiger partial charge is 0.472 e. The molecular formula is C79H136O16P2. The highest BCUT2D eigenvalue weighted by Gasteiger charge is 2.29. The van der Waals surface area contributed by atoms with E-state index in [1.54, 1.807) is 0 Å². The van der Waals surface area contributed by atoms with Crippen molar-refractivity contribution >= 4 is 33.6 Å². The summed E-state index contributed by atoms with van der Waals surface area (Å²) in [5, 5.41) is 20.6. The van der Waals surface area contributed by atoms with Gasteiger partial charge in [0.2, 0.25) is 0 Å². The van der Waals surface area contributed by atoms with E-state index in [1.165, 1.54) is 77.0 Å². The SMILES string of the molecule is CC/C=C\C/C=C\C/C=C\C/C=C\C/C=C\C/C=C\CCCCCCCCCCCCC(=O)OCC(O)COP(=O)(O)OCC(O)COP(=O)(O)OCC(COC(=O)CCCCCCCC/C=C\C/C=C\C/C=C\CCCCC)OC(=O)CCCCCCC/C=C\CCCCCC. The molecule has 4 N–H and O–H groups in total. The van der Waals surface area contributed by atoms with Gasteiger partial charge in [0, 0.05) is 19.3 Å². The summed E-state index contributed by atoms with van der Waals surface area (Å²) < 4.78 is 61.0. The second kappa shape index (κ2) is 71.8. The molecule has 0 heterocycles. The van der Waals surface area contributed by atoms with Crippen LogP contribution in [0.4, 0.5) is 0 Å². The quantitative estimate of drug-likeness (QED) is 0.0146. The van der Waals surface area contributed by atoms with Crippen molar-refractivity contribution in [1.82, 2.24) is 0 Å². The molecule has 0 saturated carbocycles. The van der Waals surface area contributed by atoms with E-state index in [0.717, 1.165) is 167 Å². The van der Waals surface area contributed by atoms with Crippen LogP contribution in [-0.2, 0) is 55.8 Å². The van der Waals surface area contributed by atoms with Gasteiger partial charge in [-0.2, -0.15) is 0 Å². The number of ether oxygens (including phenoxy) is 3. The standard InChI is InChI=1S/C79H136O16P2/c1-4-7-10-13-16-19-22-25-27-29-31-32-33-34-35-36-37-38-39-40-42-44-45-48-50-53-56-59-62-65-77(82)89-68-74(80)69-91-96(85,86)92-70-75(81)71-93-97(87,88)94-73-76(95-79(84)67-64-61-58-55-52-47-24-21-18-15-12-9-6-3)72-90-78(83)66-63-60-57-54-51-49-46-43-41-30-28-26-23-20-17-14-11-8-5-2/h7,10,16-17,19-21,24-28,31-32,34-35,37-38,41,43,74-76,80-81H,4-6,8-9,11-15,18,22-23,29-30,33,36,39-40,42,44-73H2,1-3H3,(H,85,86)(H,87,88)/b10-7-,19-16-,20-17-,24-21-,27-25-,28-26-,32-31-,35-34-,38-37-,43-41-. The summed E-state index contributed by atoms with van der Waals surface area (Å²) in [6, 6.07) is 0. The number of allylic oxidation sites excluding steroid dienone is 20. The first-order chi connectivity index (χ1) is 47.2. The predicted molar refractivity (Wildman–Crippen MR) is 399 cm³/mol. The minimum absolute atomic E-state index is 0.0905. The van der Waals surface area contributed by atoms with Crippen LogP contribution >= 0.6 is 15.6 Å². The second-order valence-electron chi connectivity index (χ2n) is 25.1. The fourth-order valence-corrected chi connectivity index (χ4v) is 11.5. The maximum atomic E-state index is 12.9. The molecule has 0 saturated heterocycles. The van der Waals surface area contributed by atoms with Gasteiger partial charge < -0.3 is 34.2 Å². The fourth-order valence-electron chi connectivity index (χ4n) is 9.87. The lowest BCUT2D eigenvalue weighted by Crippen LogP contribution is -2.30. The molecule has 5 unspecified atom stereocenters. The number of hydrogen-bond donors (Lipinski definition) is 4. The first kappa shape index (κ1) is 93.0. The zero-order chi connectivity index (χ0) is 70.9. The number of unbranched alkanes of at least 4 members (excludes halogenated alkanes) is 28. The third kappa shape index (κ3) is 73.0. The number of rotatable bonds is 71. The molecule has 0 amide bonds. The van der Waals surface area contributed by atoms with Crippen LogP contribution in [0.2, 0.25) is 0 Å². The second-order valence-corrected chi connectivity index (χ2v) is 28.0. The monoisotopic (exact) mass is 1400 g/mol. The average Bonchev–Trinajstić information content (AvgIpc) is 1.64. The van der Waals surface area contributed by atoms with Gasteiger partial charge in [-0.3, -0.25) is 32.5 Å². The molecule has 0 bridgehead atoms. The molecule has 5 atom stereocenters. The van der Waals surface area contributed by atoms with E-state index in [0.29, 0.717) is 19.3 Å². The van der Waals surface area contributed by atoms with Crippen LogP contribution in [0, 0.1) is 0 Å². The lowest BCUT2D eigenvalue weighted by atomic mass is 10.1. The Kier molecular flexibility index (Phi) is 68.8. The number of carbonyl (C=O) groups is 3. The third-order valence-electron chi connectivity index (χ3n) is 15.6. The van der Waals surface area contributed by atoms with Gasteiger partial charge >= 0.3 is 33.6 Å². The zero-order valence-corrected chi connectivity index (χ0v) is 62.5. The molecule has 18 heteroatoms. The van der Waals surface area contributed by atoms with E-state index in [9.17, 15) is 43.5 Å². The topological polar surface area (TPSA) is 231 Å². The maximum absolute atomic E-state index is 12.9. The van der Waals surface area contributed by atoms with E-state index >= 15 is 0 Å². The molecule has 0 aliphatic heterocycles. The minimum atomic E-state index is -4.93. The molecule has 0 aliphatic carbocycles. The number of phosphoric acid groups is 2. The molecule has 97 heavy (non-hydrogen) atoms.